The molecule has 0 radical (unpaired) electrons. The maximum atomic E-state index is 14.2. The first-order valence-electron chi connectivity index (χ1n) is 13.1. The lowest BCUT2D eigenvalue weighted by atomic mass is 9.95. The van der Waals surface area contributed by atoms with E-state index in [9.17, 15) is 9.18 Å². The number of amides is 1. The fraction of sp³-hybridized carbons (Fsp3) is 0.448. The smallest absolute Gasteiger partial charge is 0.251 e. The second kappa shape index (κ2) is 14.5. The number of fused-ring (bicyclic) bond motifs is 1. The average Bonchev–Trinajstić information content (AvgIpc) is 2.94. The predicted octanol–water partition coefficient (Wildman–Crippen LogP) is 5.22. The molecule has 1 atom stereocenters. The molecule has 3 N–H and O–H groups in total. The molecule has 1 unspecified atom stereocenters. The summed E-state index contributed by atoms with van der Waals surface area (Å²) in [4.78, 5) is 13.1. The highest BCUT2D eigenvalue weighted by Gasteiger charge is 2.20. The summed E-state index contributed by atoms with van der Waals surface area (Å²) in [6.07, 6.45) is 5.33. The van der Waals surface area contributed by atoms with Gasteiger partial charge in [-0.25, -0.2) is 4.39 Å². The van der Waals surface area contributed by atoms with Gasteiger partial charge in [0.25, 0.3) is 5.91 Å². The molecule has 2 heterocycles. The fourth-order valence-corrected chi connectivity index (χ4v) is 4.43. The number of rotatable bonds is 10. The van der Waals surface area contributed by atoms with Crippen molar-refractivity contribution >= 4 is 17.3 Å². The number of ether oxygens (including phenoxy) is 2. The zero-order valence-electron chi connectivity index (χ0n) is 22.3. The normalized spacial score (nSPS) is 15.2. The lowest BCUT2D eigenvalue weighted by molar-refractivity contribution is 0.0934. The van der Waals surface area contributed by atoms with Crippen LogP contribution in [-0.2, 0) is 17.7 Å². The molecule has 2 aromatic rings. The molecule has 2 aromatic carbocycles. The fourth-order valence-electron chi connectivity index (χ4n) is 4.43. The van der Waals surface area contributed by atoms with E-state index in [4.69, 9.17) is 9.47 Å². The zero-order valence-corrected chi connectivity index (χ0v) is 22.3. The van der Waals surface area contributed by atoms with Gasteiger partial charge in [0, 0.05) is 36.7 Å². The Balaban J connectivity index is 0.00000186. The van der Waals surface area contributed by atoms with Gasteiger partial charge >= 0.3 is 0 Å². The summed E-state index contributed by atoms with van der Waals surface area (Å²) in [6.45, 7) is 8.24. The lowest BCUT2D eigenvalue weighted by Crippen LogP contribution is -2.42. The van der Waals surface area contributed by atoms with Crippen LogP contribution in [0.5, 0.6) is 5.75 Å². The molecule has 4 rings (SSSR count). The molecule has 8 heteroatoms. The number of halogens is 1. The number of methoxy groups -OCH3 is 1. The Hall–Kier alpha value is -3.23. The van der Waals surface area contributed by atoms with Crippen LogP contribution in [0.4, 0.5) is 10.1 Å². The van der Waals surface area contributed by atoms with Crippen molar-refractivity contribution in [2.45, 2.75) is 59.0 Å². The highest BCUT2D eigenvalue weighted by molar-refractivity contribution is 6.04. The molecule has 0 fully saturated rings. The molecular formula is C29H39FN4O3. The first-order valence-corrected chi connectivity index (χ1v) is 13.1. The molecule has 2 aliphatic heterocycles. The summed E-state index contributed by atoms with van der Waals surface area (Å²) in [5.41, 5.74) is 8.38. The highest BCUT2D eigenvalue weighted by atomic mass is 19.1. The van der Waals surface area contributed by atoms with Gasteiger partial charge in [-0.15, -0.1) is 0 Å². The van der Waals surface area contributed by atoms with Gasteiger partial charge in [-0.2, -0.15) is 5.10 Å². The number of hydrazone groups is 1. The maximum Gasteiger partial charge on any atom is 0.251 e. The second-order valence-electron chi connectivity index (χ2n) is 8.78. The number of nitrogens with one attached hydrogen (secondary N) is 3. The van der Waals surface area contributed by atoms with Crippen molar-refractivity contribution in [1.29, 1.82) is 0 Å². The van der Waals surface area contributed by atoms with Crippen molar-refractivity contribution < 1.29 is 18.7 Å². The molecule has 0 saturated carbocycles. The molecule has 0 saturated heterocycles. The van der Waals surface area contributed by atoms with Gasteiger partial charge in [-0.05, 0) is 54.3 Å². The van der Waals surface area contributed by atoms with E-state index in [1.807, 2.05) is 32.0 Å². The Morgan fingerprint density at radius 2 is 2.11 bits per heavy atom. The van der Waals surface area contributed by atoms with Gasteiger partial charge < -0.3 is 20.1 Å². The molecule has 37 heavy (non-hydrogen) atoms. The third-order valence-electron chi connectivity index (χ3n) is 6.33. The van der Waals surface area contributed by atoms with Crippen molar-refractivity contribution in [2.24, 2.45) is 5.10 Å². The van der Waals surface area contributed by atoms with E-state index in [1.54, 1.807) is 12.1 Å². The van der Waals surface area contributed by atoms with E-state index in [2.05, 4.69) is 34.2 Å². The molecule has 2 aliphatic rings. The van der Waals surface area contributed by atoms with Crippen LogP contribution >= 0.6 is 0 Å². The van der Waals surface area contributed by atoms with Crippen molar-refractivity contribution in [3.05, 3.63) is 70.6 Å². The standard InChI is InChI=1S/C27H33FN4O3.C2H6/c1-3-5-21(16-29-17-22-23(28)6-4-7-26(22)34-2)30-27(33)19-8-9-24-20(14-19)15-25(32-31-24)18-10-12-35-13-11-18;1-2/h4,6-10,14,21,29,31H,3,5,11-13,15-17H2,1-2H3,(H,30,33);1-2H3. The van der Waals surface area contributed by atoms with Crippen LogP contribution in [0.15, 0.2) is 53.1 Å². The minimum atomic E-state index is -0.310. The van der Waals surface area contributed by atoms with E-state index >= 15 is 0 Å². The third kappa shape index (κ3) is 7.63. The maximum absolute atomic E-state index is 14.2. The monoisotopic (exact) mass is 510 g/mol. The third-order valence-corrected chi connectivity index (χ3v) is 6.33. The van der Waals surface area contributed by atoms with Gasteiger partial charge in [-0.3, -0.25) is 10.2 Å². The van der Waals surface area contributed by atoms with Crippen LogP contribution in [0.3, 0.4) is 0 Å². The molecule has 7 nitrogen and oxygen atoms in total. The number of benzene rings is 2. The van der Waals surface area contributed by atoms with Gasteiger partial charge in [0.15, 0.2) is 0 Å². The number of anilines is 1. The van der Waals surface area contributed by atoms with Gasteiger partial charge in [-0.1, -0.05) is 39.3 Å². The summed E-state index contributed by atoms with van der Waals surface area (Å²) < 4.78 is 24.9. The van der Waals surface area contributed by atoms with Gasteiger partial charge in [0.1, 0.15) is 11.6 Å². The summed E-state index contributed by atoms with van der Waals surface area (Å²) in [6, 6.07) is 10.4. The predicted molar refractivity (Wildman–Crippen MR) is 147 cm³/mol. The zero-order chi connectivity index (χ0) is 26.6. The summed E-state index contributed by atoms with van der Waals surface area (Å²) in [7, 11) is 1.53. The van der Waals surface area contributed by atoms with Gasteiger partial charge in [0.05, 0.1) is 31.7 Å². The molecule has 1 amide bonds. The van der Waals surface area contributed by atoms with Crippen LogP contribution < -0.4 is 20.8 Å². The average molecular weight is 511 g/mol. The van der Waals surface area contributed by atoms with Crippen LogP contribution in [0, 0.1) is 5.82 Å². The van der Waals surface area contributed by atoms with Crippen LogP contribution in [0.1, 0.15) is 61.5 Å². The Labute approximate surface area is 219 Å². The molecule has 0 aromatic heterocycles. The number of nitrogens with zero attached hydrogens (tertiary/aromatic N) is 1. The van der Waals surface area contributed by atoms with Crippen molar-refractivity contribution in [2.75, 3.05) is 32.3 Å². The molecule has 0 spiro atoms. The van der Waals surface area contributed by atoms with E-state index in [0.29, 0.717) is 49.6 Å². The summed E-state index contributed by atoms with van der Waals surface area (Å²) >= 11 is 0. The number of hydrogen-bond acceptors (Lipinski definition) is 6. The number of hydrogen-bond donors (Lipinski definition) is 3. The van der Waals surface area contributed by atoms with Crippen LogP contribution in [-0.4, -0.2) is 44.5 Å². The first-order chi connectivity index (χ1) is 18.1. The molecular weight excluding hydrogens is 471 g/mol. The summed E-state index contributed by atoms with van der Waals surface area (Å²) in [5.74, 6) is 0.0801. The van der Waals surface area contributed by atoms with Crippen molar-refractivity contribution in [3.63, 3.8) is 0 Å². The van der Waals surface area contributed by atoms with E-state index < -0.39 is 0 Å². The van der Waals surface area contributed by atoms with Crippen LogP contribution in [0.25, 0.3) is 0 Å². The number of carbonyl (C=O) groups excluding carboxylic acids is 1. The van der Waals surface area contributed by atoms with E-state index in [-0.39, 0.29) is 17.8 Å². The van der Waals surface area contributed by atoms with E-state index in [1.165, 1.54) is 18.7 Å². The van der Waals surface area contributed by atoms with Crippen LogP contribution in [0.2, 0.25) is 0 Å². The highest BCUT2D eigenvalue weighted by Crippen LogP contribution is 2.26. The SMILES string of the molecule is CC.CCCC(CNCc1c(F)cccc1OC)NC(=O)c1ccc2c(c1)CC(C1=CCOCC1)=NN2. The Morgan fingerprint density at radius 1 is 1.27 bits per heavy atom. The van der Waals surface area contributed by atoms with Crippen molar-refractivity contribution in [1.82, 2.24) is 10.6 Å². The van der Waals surface area contributed by atoms with Crippen molar-refractivity contribution in [3.8, 4) is 5.75 Å². The molecule has 200 valence electrons. The molecule has 0 bridgehead atoms. The van der Waals surface area contributed by atoms with Gasteiger partial charge in [0.2, 0.25) is 0 Å². The topological polar surface area (TPSA) is 84.0 Å². The summed E-state index contributed by atoms with van der Waals surface area (Å²) in [5, 5.41) is 10.9. The number of carbonyl (C=O) groups is 1. The quantitative estimate of drug-likeness (QED) is 0.408. The second-order valence-corrected chi connectivity index (χ2v) is 8.78. The lowest BCUT2D eigenvalue weighted by Gasteiger charge is -2.22. The Bertz CT molecular complexity index is 1120. The Kier molecular flexibility index (Phi) is 11.1. The first kappa shape index (κ1) is 28.3. The van der Waals surface area contributed by atoms with E-state index in [0.717, 1.165) is 36.2 Å². The minimum absolute atomic E-state index is 0.0797. The minimum Gasteiger partial charge on any atom is -0.496 e. The molecule has 0 aliphatic carbocycles. The Morgan fingerprint density at radius 3 is 2.84 bits per heavy atom. The largest absolute Gasteiger partial charge is 0.496 e.